The summed E-state index contributed by atoms with van der Waals surface area (Å²) in [7, 11) is 0. The van der Waals surface area contributed by atoms with Crippen LogP contribution < -0.4 is 10.6 Å². The first-order valence-corrected chi connectivity index (χ1v) is 6.17. The van der Waals surface area contributed by atoms with Crippen LogP contribution in [-0.4, -0.2) is 35.6 Å². The molecule has 1 saturated heterocycles. The standard InChI is InChI=1S/C12H22N2O3/c1-12(2,11(16)17)14-10(15)6-5-9-4-3-7-13-8-9/h9,13H,3-8H2,1-2H3,(H,14,15)(H,16,17). The molecule has 5 nitrogen and oxygen atoms in total. The number of rotatable bonds is 5. The maximum atomic E-state index is 11.6. The fraction of sp³-hybridized carbons (Fsp3) is 0.833. The highest BCUT2D eigenvalue weighted by Gasteiger charge is 2.28. The minimum atomic E-state index is -1.18. The minimum absolute atomic E-state index is 0.178. The lowest BCUT2D eigenvalue weighted by molar-refractivity contribution is -0.146. The van der Waals surface area contributed by atoms with Crippen molar-refractivity contribution in [1.29, 1.82) is 0 Å². The van der Waals surface area contributed by atoms with Gasteiger partial charge in [-0.2, -0.15) is 0 Å². The number of carboxylic acid groups (broad SMARTS) is 1. The molecule has 1 aliphatic rings. The Labute approximate surface area is 102 Å². The summed E-state index contributed by atoms with van der Waals surface area (Å²) < 4.78 is 0. The maximum absolute atomic E-state index is 11.6. The molecule has 17 heavy (non-hydrogen) atoms. The van der Waals surface area contributed by atoms with E-state index >= 15 is 0 Å². The topological polar surface area (TPSA) is 78.4 Å². The Morgan fingerprint density at radius 2 is 2.18 bits per heavy atom. The highest BCUT2D eigenvalue weighted by atomic mass is 16.4. The Bertz CT molecular complexity index is 283. The van der Waals surface area contributed by atoms with Gasteiger partial charge in [-0.15, -0.1) is 0 Å². The Morgan fingerprint density at radius 3 is 2.71 bits per heavy atom. The average Bonchev–Trinajstić information content (AvgIpc) is 2.27. The van der Waals surface area contributed by atoms with Crippen molar-refractivity contribution in [3.63, 3.8) is 0 Å². The van der Waals surface area contributed by atoms with Crippen molar-refractivity contribution in [1.82, 2.24) is 10.6 Å². The fourth-order valence-corrected chi connectivity index (χ4v) is 1.97. The van der Waals surface area contributed by atoms with Gasteiger partial charge in [-0.25, -0.2) is 4.79 Å². The number of hydrogen-bond acceptors (Lipinski definition) is 3. The van der Waals surface area contributed by atoms with E-state index in [4.69, 9.17) is 5.11 Å². The van der Waals surface area contributed by atoms with Gasteiger partial charge in [0.05, 0.1) is 0 Å². The predicted molar refractivity (Wildman–Crippen MR) is 64.7 cm³/mol. The van der Waals surface area contributed by atoms with Crippen molar-refractivity contribution < 1.29 is 14.7 Å². The zero-order valence-electron chi connectivity index (χ0n) is 10.6. The van der Waals surface area contributed by atoms with Crippen LogP contribution in [-0.2, 0) is 9.59 Å². The van der Waals surface area contributed by atoms with Crippen LogP contribution in [0, 0.1) is 5.92 Å². The third-order valence-corrected chi connectivity index (χ3v) is 3.17. The molecule has 1 aliphatic heterocycles. The lowest BCUT2D eigenvalue weighted by Gasteiger charge is -2.24. The van der Waals surface area contributed by atoms with E-state index in [1.165, 1.54) is 13.8 Å². The van der Waals surface area contributed by atoms with Crippen LogP contribution in [0.5, 0.6) is 0 Å². The van der Waals surface area contributed by atoms with E-state index in [9.17, 15) is 9.59 Å². The van der Waals surface area contributed by atoms with Gasteiger partial charge in [0.2, 0.25) is 5.91 Å². The molecule has 1 amide bonds. The fourth-order valence-electron chi connectivity index (χ4n) is 1.97. The quantitative estimate of drug-likeness (QED) is 0.664. The first-order chi connectivity index (χ1) is 7.92. The number of carbonyl (C=O) groups excluding carboxylic acids is 1. The van der Waals surface area contributed by atoms with Gasteiger partial charge in [0.15, 0.2) is 0 Å². The molecule has 3 N–H and O–H groups in total. The van der Waals surface area contributed by atoms with Crippen LogP contribution in [0.3, 0.4) is 0 Å². The zero-order valence-corrected chi connectivity index (χ0v) is 10.6. The Kier molecular flexibility index (Phi) is 4.93. The number of carbonyl (C=O) groups is 2. The number of nitrogens with one attached hydrogen (secondary N) is 2. The van der Waals surface area contributed by atoms with Crippen molar-refractivity contribution in [2.75, 3.05) is 13.1 Å². The van der Waals surface area contributed by atoms with E-state index in [0.29, 0.717) is 12.3 Å². The molecule has 0 aliphatic carbocycles. The van der Waals surface area contributed by atoms with Gasteiger partial charge in [-0.05, 0) is 52.1 Å². The van der Waals surface area contributed by atoms with Crippen LogP contribution in [0.1, 0.15) is 39.5 Å². The maximum Gasteiger partial charge on any atom is 0.328 e. The van der Waals surface area contributed by atoms with E-state index in [2.05, 4.69) is 10.6 Å². The molecular formula is C12H22N2O3. The van der Waals surface area contributed by atoms with E-state index in [0.717, 1.165) is 32.4 Å². The molecule has 1 rings (SSSR count). The molecule has 0 aromatic carbocycles. The second-order valence-electron chi connectivity index (χ2n) is 5.23. The summed E-state index contributed by atoms with van der Waals surface area (Å²) in [5.74, 6) is -0.643. The van der Waals surface area contributed by atoms with Gasteiger partial charge < -0.3 is 15.7 Å². The van der Waals surface area contributed by atoms with Gasteiger partial charge in [0, 0.05) is 6.42 Å². The molecule has 0 spiro atoms. The average molecular weight is 242 g/mol. The van der Waals surface area contributed by atoms with Gasteiger partial charge in [0.25, 0.3) is 0 Å². The van der Waals surface area contributed by atoms with E-state index in [-0.39, 0.29) is 5.91 Å². The second-order valence-corrected chi connectivity index (χ2v) is 5.23. The van der Waals surface area contributed by atoms with E-state index in [1.807, 2.05) is 0 Å². The van der Waals surface area contributed by atoms with E-state index in [1.54, 1.807) is 0 Å². The Morgan fingerprint density at radius 1 is 1.47 bits per heavy atom. The summed E-state index contributed by atoms with van der Waals surface area (Å²) >= 11 is 0. The Hall–Kier alpha value is -1.10. The molecule has 1 heterocycles. The third kappa shape index (κ3) is 4.73. The molecule has 0 bridgehead atoms. The van der Waals surface area contributed by atoms with Gasteiger partial charge >= 0.3 is 5.97 Å². The lowest BCUT2D eigenvalue weighted by Crippen LogP contribution is -2.49. The monoisotopic (exact) mass is 242 g/mol. The molecule has 98 valence electrons. The number of aliphatic carboxylic acids is 1. The molecular weight excluding hydrogens is 220 g/mol. The zero-order chi connectivity index (χ0) is 12.9. The highest BCUT2D eigenvalue weighted by molar-refractivity contribution is 5.86. The smallest absolute Gasteiger partial charge is 0.328 e. The lowest BCUT2D eigenvalue weighted by atomic mass is 9.94. The SMILES string of the molecule is CC(C)(NC(=O)CCC1CCCNC1)C(=O)O. The number of carboxylic acids is 1. The molecule has 0 radical (unpaired) electrons. The predicted octanol–water partition coefficient (Wildman–Crippen LogP) is 0.746. The van der Waals surface area contributed by atoms with Crippen LogP contribution in [0.2, 0.25) is 0 Å². The van der Waals surface area contributed by atoms with Crippen molar-refractivity contribution in [2.45, 2.75) is 45.1 Å². The first kappa shape index (κ1) is 14.0. The van der Waals surface area contributed by atoms with Gasteiger partial charge in [0.1, 0.15) is 5.54 Å². The molecule has 1 atom stereocenters. The molecule has 0 aromatic heterocycles. The van der Waals surface area contributed by atoms with Crippen molar-refractivity contribution in [3.8, 4) is 0 Å². The van der Waals surface area contributed by atoms with Crippen molar-refractivity contribution in [2.24, 2.45) is 5.92 Å². The van der Waals surface area contributed by atoms with Crippen LogP contribution in [0.15, 0.2) is 0 Å². The summed E-state index contributed by atoms with van der Waals surface area (Å²) in [5.41, 5.74) is -1.18. The summed E-state index contributed by atoms with van der Waals surface area (Å²) in [4.78, 5) is 22.4. The van der Waals surface area contributed by atoms with Crippen LogP contribution >= 0.6 is 0 Å². The van der Waals surface area contributed by atoms with E-state index < -0.39 is 11.5 Å². The normalized spacial score (nSPS) is 20.9. The molecule has 1 unspecified atom stereocenters. The Balaban J connectivity index is 2.27. The second kappa shape index (κ2) is 6.00. The number of hydrogen-bond donors (Lipinski definition) is 3. The molecule has 1 fully saturated rings. The molecule has 0 aromatic rings. The summed E-state index contributed by atoms with van der Waals surface area (Å²) in [6.07, 6.45) is 3.55. The first-order valence-electron chi connectivity index (χ1n) is 6.17. The largest absolute Gasteiger partial charge is 0.480 e. The highest BCUT2D eigenvalue weighted by Crippen LogP contribution is 2.16. The third-order valence-electron chi connectivity index (χ3n) is 3.17. The van der Waals surface area contributed by atoms with Gasteiger partial charge in [-0.3, -0.25) is 4.79 Å². The van der Waals surface area contributed by atoms with Gasteiger partial charge in [-0.1, -0.05) is 0 Å². The van der Waals surface area contributed by atoms with Crippen molar-refractivity contribution in [3.05, 3.63) is 0 Å². The summed E-state index contributed by atoms with van der Waals surface area (Å²) in [6, 6.07) is 0. The number of amides is 1. The summed E-state index contributed by atoms with van der Waals surface area (Å²) in [6.45, 7) is 5.02. The van der Waals surface area contributed by atoms with Crippen molar-refractivity contribution >= 4 is 11.9 Å². The molecule has 5 heteroatoms. The molecule has 0 saturated carbocycles. The van der Waals surface area contributed by atoms with Crippen LogP contribution in [0.25, 0.3) is 0 Å². The minimum Gasteiger partial charge on any atom is -0.480 e. The number of piperidine rings is 1. The summed E-state index contributed by atoms with van der Waals surface area (Å²) in [5, 5.41) is 14.7. The van der Waals surface area contributed by atoms with Crippen LogP contribution in [0.4, 0.5) is 0 Å².